The molecule has 0 spiro atoms. The zero-order valence-electron chi connectivity index (χ0n) is 16.5. The zero-order valence-corrected chi connectivity index (χ0v) is 18.0. The van der Waals surface area contributed by atoms with Gasteiger partial charge in [0.15, 0.2) is 16.1 Å². The van der Waals surface area contributed by atoms with Crippen LogP contribution in [0.1, 0.15) is 23.9 Å². The predicted octanol–water partition coefficient (Wildman–Crippen LogP) is 4.27. The number of carbonyl (C=O) groups excluding carboxylic acids is 1. The van der Waals surface area contributed by atoms with Gasteiger partial charge in [-0.2, -0.15) is 0 Å². The largest absolute Gasteiger partial charge is 0.485 e. The summed E-state index contributed by atoms with van der Waals surface area (Å²) < 4.78 is 7.86. The molecule has 3 rings (SSSR count). The van der Waals surface area contributed by atoms with Crippen LogP contribution in [0, 0.1) is 13.8 Å². The van der Waals surface area contributed by atoms with Crippen molar-refractivity contribution in [3.05, 3.63) is 58.6 Å². The summed E-state index contributed by atoms with van der Waals surface area (Å²) in [6, 6.07) is 9.47. The average molecular weight is 432 g/mol. The second-order valence-corrected chi connectivity index (χ2v) is 7.68. The zero-order chi connectivity index (χ0) is 20.8. The van der Waals surface area contributed by atoms with Gasteiger partial charge in [-0.25, -0.2) is 4.98 Å². The van der Waals surface area contributed by atoms with Crippen LogP contribution in [0.25, 0.3) is 0 Å². The Kier molecular flexibility index (Phi) is 7.11. The number of nitrogens with one attached hydrogen (secondary N) is 1. The lowest BCUT2D eigenvalue weighted by molar-refractivity contribution is -0.113. The molecule has 1 aromatic carbocycles. The van der Waals surface area contributed by atoms with E-state index in [1.54, 1.807) is 18.3 Å². The quantitative estimate of drug-likeness (QED) is 0.423. The first-order valence-corrected chi connectivity index (χ1v) is 10.5. The number of ether oxygens (including phenoxy) is 1. The van der Waals surface area contributed by atoms with E-state index in [9.17, 15) is 4.79 Å². The third kappa shape index (κ3) is 5.48. The summed E-state index contributed by atoms with van der Waals surface area (Å²) >= 11 is 7.28. The first-order chi connectivity index (χ1) is 14.0. The van der Waals surface area contributed by atoms with Gasteiger partial charge in [0.1, 0.15) is 12.4 Å². The van der Waals surface area contributed by atoms with Crippen molar-refractivity contribution in [3.8, 4) is 5.75 Å². The van der Waals surface area contributed by atoms with Gasteiger partial charge in [-0.05, 0) is 44.5 Å². The van der Waals surface area contributed by atoms with Gasteiger partial charge in [0.25, 0.3) is 0 Å². The van der Waals surface area contributed by atoms with E-state index in [1.165, 1.54) is 17.3 Å². The van der Waals surface area contributed by atoms with Crippen LogP contribution < -0.4 is 10.1 Å². The number of amides is 1. The number of halogens is 1. The van der Waals surface area contributed by atoms with Crippen LogP contribution in [0.5, 0.6) is 5.75 Å². The fraction of sp³-hybridized carbons (Fsp3) is 0.300. The van der Waals surface area contributed by atoms with E-state index >= 15 is 0 Å². The van der Waals surface area contributed by atoms with Gasteiger partial charge in [0.2, 0.25) is 5.91 Å². The number of pyridine rings is 1. The molecule has 2 aromatic heterocycles. The summed E-state index contributed by atoms with van der Waals surface area (Å²) in [5.74, 6) is 1.53. The smallest absolute Gasteiger partial charge is 0.234 e. The minimum absolute atomic E-state index is 0.182. The molecule has 0 atom stereocenters. The third-order valence-corrected chi connectivity index (χ3v) is 5.43. The van der Waals surface area contributed by atoms with Gasteiger partial charge in [0.05, 0.1) is 11.4 Å². The summed E-state index contributed by atoms with van der Waals surface area (Å²) in [5, 5.41) is 12.1. The van der Waals surface area contributed by atoms with Crippen LogP contribution in [0.15, 0.2) is 41.7 Å². The van der Waals surface area contributed by atoms with Crippen molar-refractivity contribution < 1.29 is 9.53 Å². The van der Waals surface area contributed by atoms with Gasteiger partial charge in [-0.1, -0.05) is 41.1 Å². The molecular weight excluding hydrogens is 410 g/mol. The first kappa shape index (κ1) is 21.1. The Bertz CT molecular complexity index is 1010. The highest BCUT2D eigenvalue weighted by molar-refractivity contribution is 7.99. The number of nitrogens with zero attached hydrogens (tertiary/aromatic N) is 4. The second kappa shape index (κ2) is 9.76. The number of hydrogen-bond acceptors (Lipinski definition) is 6. The highest BCUT2D eigenvalue weighted by Gasteiger charge is 2.15. The van der Waals surface area contributed by atoms with Crippen molar-refractivity contribution in [2.24, 2.45) is 0 Å². The molecule has 0 fully saturated rings. The van der Waals surface area contributed by atoms with E-state index in [-0.39, 0.29) is 16.8 Å². The van der Waals surface area contributed by atoms with Crippen molar-refractivity contribution in [1.29, 1.82) is 0 Å². The molecule has 2 heterocycles. The highest BCUT2D eigenvalue weighted by atomic mass is 35.5. The number of carbonyl (C=O) groups is 1. The Morgan fingerprint density at radius 3 is 2.83 bits per heavy atom. The number of aromatic nitrogens is 4. The molecule has 1 amide bonds. The normalized spacial score (nSPS) is 10.8. The lowest BCUT2D eigenvalue weighted by Crippen LogP contribution is -2.15. The highest BCUT2D eigenvalue weighted by Crippen LogP contribution is 2.22. The maximum absolute atomic E-state index is 12.2. The van der Waals surface area contributed by atoms with Gasteiger partial charge >= 0.3 is 0 Å². The molecule has 0 aliphatic carbocycles. The average Bonchev–Trinajstić information content (AvgIpc) is 3.09. The van der Waals surface area contributed by atoms with Gasteiger partial charge in [-0.15, -0.1) is 10.2 Å². The summed E-state index contributed by atoms with van der Waals surface area (Å²) in [6.07, 6.45) is 1.57. The van der Waals surface area contributed by atoms with Crippen LogP contribution in [-0.4, -0.2) is 31.4 Å². The number of rotatable bonds is 8. The molecule has 29 heavy (non-hydrogen) atoms. The maximum Gasteiger partial charge on any atom is 0.234 e. The molecule has 0 bridgehead atoms. The molecule has 0 aliphatic rings. The standard InChI is InChI=1S/C20H22ClN5O2S/c1-4-26-17(11-28-16-8-7-13(2)10-14(16)3)24-25-20(26)29-12-18(27)23-15-6-5-9-22-19(15)21/h5-10H,4,11-12H2,1-3H3,(H,23,27). The van der Waals surface area contributed by atoms with E-state index in [0.717, 1.165) is 11.3 Å². The first-order valence-electron chi connectivity index (χ1n) is 9.13. The van der Waals surface area contributed by atoms with Gasteiger partial charge in [-0.3, -0.25) is 4.79 Å². The topological polar surface area (TPSA) is 81.9 Å². The second-order valence-electron chi connectivity index (χ2n) is 6.38. The van der Waals surface area contributed by atoms with Gasteiger partial charge in [0, 0.05) is 12.7 Å². The molecule has 0 saturated carbocycles. The molecule has 0 unspecified atom stereocenters. The van der Waals surface area contributed by atoms with Crippen LogP contribution in [0.3, 0.4) is 0 Å². The van der Waals surface area contributed by atoms with Crippen LogP contribution in [-0.2, 0) is 17.9 Å². The molecule has 0 saturated heterocycles. The summed E-state index contributed by atoms with van der Waals surface area (Å²) in [5.41, 5.74) is 2.75. The summed E-state index contributed by atoms with van der Waals surface area (Å²) in [6.45, 7) is 7.05. The van der Waals surface area contributed by atoms with E-state index in [2.05, 4.69) is 26.6 Å². The monoisotopic (exact) mass is 431 g/mol. The Labute approximate surface area is 178 Å². The Morgan fingerprint density at radius 2 is 2.10 bits per heavy atom. The number of benzene rings is 1. The minimum Gasteiger partial charge on any atom is -0.485 e. The molecule has 1 N–H and O–H groups in total. The van der Waals surface area contributed by atoms with E-state index in [1.807, 2.05) is 37.5 Å². The molecular formula is C20H22ClN5O2S. The van der Waals surface area contributed by atoms with Crippen LogP contribution in [0.4, 0.5) is 5.69 Å². The molecule has 7 nitrogen and oxygen atoms in total. The molecule has 9 heteroatoms. The minimum atomic E-state index is -0.191. The van der Waals surface area contributed by atoms with Crippen LogP contribution >= 0.6 is 23.4 Å². The molecule has 152 valence electrons. The van der Waals surface area contributed by atoms with Crippen molar-refractivity contribution in [3.63, 3.8) is 0 Å². The molecule has 3 aromatic rings. The fourth-order valence-corrected chi connectivity index (χ4v) is 3.74. The van der Waals surface area contributed by atoms with Gasteiger partial charge < -0.3 is 14.6 Å². The lowest BCUT2D eigenvalue weighted by Gasteiger charge is -2.11. The SMILES string of the molecule is CCn1c(COc2ccc(C)cc2C)nnc1SCC(=O)Nc1cccnc1Cl. The van der Waals surface area contributed by atoms with E-state index in [0.29, 0.717) is 29.8 Å². The number of thioether (sulfide) groups is 1. The van der Waals surface area contributed by atoms with Crippen molar-refractivity contribution in [1.82, 2.24) is 19.7 Å². The van der Waals surface area contributed by atoms with Crippen molar-refractivity contribution >= 4 is 35.0 Å². The Balaban J connectivity index is 1.60. The Hall–Kier alpha value is -2.58. The molecule has 0 radical (unpaired) electrons. The summed E-state index contributed by atoms with van der Waals surface area (Å²) in [7, 11) is 0. The molecule has 0 aliphatic heterocycles. The van der Waals surface area contributed by atoms with Crippen molar-refractivity contribution in [2.45, 2.75) is 39.1 Å². The lowest BCUT2D eigenvalue weighted by atomic mass is 10.1. The number of aryl methyl sites for hydroxylation is 2. The number of hydrogen-bond donors (Lipinski definition) is 1. The van der Waals surface area contributed by atoms with E-state index in [4.69, 9.17) is 16.3 Å². The maximum atomic E-state index is 12.2. The predicted molar refractivity (Wildman–Crippen MR) is 115 cm³/mol. The Morgan fingerprint density at radius 1 is 1.28 bits per heavy atom. The van der Waals surface area contributed by atoms with E-state index < -0.39 is 0 Å². The van der Waals surface area contributed by atoms with Crippen LogP contribution in [0.2, 0.25) is 5.15 Å². The fourth-order valence-electron chi connectivity index (χ4n) is 2.75. The van der Waals surface area contributed by atoms with Crippen molar-refractivity contribution in [2.75, 3.05) is 11.1 Å². The number of anilines is 1. The third-order valence-electron chi connectivity index (χ3n) is 4.16. The summed E-state index contributed by atoms with van der Waals surface area (Å²) in [4.78, 5) is 16.2.